The number of hydrogen-bond donors (Lipinski definition) is 0. The zero-order valence-electron chi connectivity index (χ0n) is 14.6. The van der Waals surface area contributed by atoms with Crippen molar-refractivity contribution in [2.75, 3.05) is 7.11 Å². The highest BCUT2D eigenvalue weighted by atomic mass is 79.9. The maximum absolute atomic E-state index is 13.2. The van der Waals surface area contributed by atoms with Gasteiger partial charge in [0.1, 0.15) is 10.7 Å². The third kappa shape index (κ3) is 3.73. The first-order valence-corrected chi connectivity index (χ1v) is 10.1. The lowest BCUT2D eigenvalue weighted by Crippen LogP contribution is -2.25. The minimum atomic E-state index is -0.267. The number of nitrogens with zero attached hydrogens (tertiary/aromatic N) is 2. The van der Waals surface area contributed by atoms with Gasteiger partial charge in [0.05, 0.1) is 12.5 Å². The summed E-state index contributed by atoms with van der Waals surface area (Å²) < 4.78 is 7.36. The zero-order chi connectivity index (χ0) is 18.7. The smallest absolute Gasteiger partial charge is 0.305 e. The van der Waals surface area contributed by atoms with Gasteiger partial charge in [-0.15, -0.1) is 11.3 Å². The molecule has 0 aliphatic heterocycles. The molecule has 136 valence electrons. The van der Waals surface area contributed by atoms with Crippen LogP contribution in [0.2, 0.25) is 0 Å². The van der Waals surface area contributed by atoms with E-state index in [4.69, 9.17) is 4.98 Å². The number of ether oxygens (including phenoxy) is 1. The lowest BCUT2D eigenvalue weighted by atomic mass is 10.1. The molecule has 3 aromatic rings. The van der Waals surface area contributed by atoms with E-state index < -0.39 is 0 Å². The van der Waals surface area contributed by atoms with Crippen molar-refractivity contribution in [3.05, 3.63) is 50.3 Å². The molecule has 7 heteroatoms. The van der Waals surface area contributed by atoms with Gasteiger partial charge in [-0.2, -0.15) is 0 Å². The van der Waals surface area contributed by atoms with E-state index in [1.54, 1.807) is 4.57 Å². The van der Waals surface area contributed by atoms with Crippen LogP contribution in [0.25, 0.3) is 21.3 Å². The third-order valence-electron chi connectivity index (χ3n) is 4.23. The Bertz CT molecular complexity index is 992. The Labute approximate surface area is 163 Å². The maximum atomic E-state index is 13.2. The van der Waals surface area contributed by atoms with Crippen molar-refractivity contribution in [1.82, 2.24) is 9.55 Å². The van der Waals surface area contributed by atoms with Crippen molar-refractivity contribution in [1.29, 1.82) is 0 Å². The highest BCUT2D eigenvalue weighted by molar-refractivity contribution is 9.10. The number of methoxy groups -OCH3 is 1. The quantitative estimate of drug-likeness (QED) is 0.539. The van der Waals surface area contributed by atoms with E-state index in [9.17, 15) is 9.59 Å². The molecule has 2 aromatic heterocycles. The average molecular weight is 435 g/mol. The third-order valence-corrected chi connectivity index (χ3v) is 5.64. The van der Waals surface area contributed by atoms with Gasteiger partial charge in [0.25, 0.3) is 5.56 Å². The Morgan fingerprint density at radius 1 is 1.31 bits per heavy atom. The largest absolute Gasteiger partial charge is 0.469 e. The van der Waals surface area contributed by atoms with Gasteiger partial charge in [-0.3, -0.25) is 14.2 Å². The Morgan fingerprint density at radius 2 is 2.04 bits per heavy atom. The van der Waals surface area contributed by atoms with Gasteiger partial charge in [-0.1, -0.05) is 35.0 Å². The molecule has 0 bridgehead atoms. The number of carbonyl (C=O) groups is 1. The Kier molecular flexibility index (Phi) is 5.88. The summed E-state index contributed by atoms with van der Waals surface area (Å²) in [5.41, 5.74) is 1.85. The first-order chi connectivity index (χ1) is 12.5. The van der Waals surface area contributed by atoms with Crippen molar-refractivity contribution < 1.29 is 9.53 Å². The highest BCUT2D eigenvalue weighted by Crippen LogP contribution is 2.31. The summed E-state index contributed by atoms with van der Waals surface area (Å²) in [4.78, 5) is 30.0. The summed E-state index contributed by atoms with van der Waals surface area (Å²) in [6.45, 7) is 2.43. The number of hydrogen-bond acceptors (Lipinski definition) is 5. The number of aromatic nitrogens is 2. The molecule has 1 aromatic carbocycles. The number of fused-ring (bicyclic) bond motifs is 1. The van der Waals surface area contributed by atoms with Crippen LogP contribution in [0.5, 0.6) is 0 Å². The molecule has 0 saturated heterocycles. The van der Waals surface area contributed by atoms with Crippen LogP contribution in [0.15, 0.2) is 38.9 Å². The summed E-state index contributed by atoms with van der Waals surface area (Å²) in [7, 11) is 1.37. The summed E-state index contributed by atoms with van der Waals surface area (Å²) in [5, 5.41) is 2.63. The molecular formula is C19H19BrN2O3S. The fourth-order valence-electron chi connectivity index (χ4n) is 2.89. The maximum Gasteiger partial charge on any atom is 0.305 e. The second-order valence-corrected chi connectivity index (χ2v) is 7.63. The molecule has 0 saturated carbocycles. The number of esters is 1. The summed E-state index contributed by atoms with van der Waals surface area (Å²) >= 11 is 4.92. The van der Waals surface area contributed by atoms with Crippen molar-refractivity contribution in [2.24, 2.45) is 0 Å². The second kappa shape index (κ2) is 8.14. The zero-order valence-corrected chi connectivity index (χ0v) is 17.0. The predicted octanol–water partition coefficient (Wildman–Crippen LogP) is 4.40. The molecular weight excluding hydrogens is 416 g/mol. The van der Waals surface area contributed by atoms with Gasteiger partial charge in [0, 0.05) is 34.8 Å². The van der Waals surface area contributed by atoms with Crippen LogP contribution in [-0.4, -0.2) is 22.6 Å². The Balaban J connectivity index is 2.05. The first kappa shape index (κ1) is 18.8. The van der Waals surface area contributed by atoms with Crippen LogP contribution in [0.4, 0.5) is 0 Å². The fourth-order valence-corrected chi connectivity index (χ4v) is 4.11. The SMILES string of the molecule is CCc1nc2scc(-c3ccc(Br)cc3)c2c(=O)n1CCCC(=O)OC. The monoisotopic (exact) mass is 434 g/mol. The molecule has 0 fully saturated rings. The standard InChI is InChI=1S/C19H19BrN2O3S/c1-3-15-21-18-17(19(24)22(15)10-4-5-16(23)25-2)14(11-26-18)12-6-8-13(20)9-7-12/h6-9,11H,3-5,10H2,1-2H3. The highest BCUT2D eigenvalue weighted by Gasteiger charge is 2.16. The van der Waals surface area contributed by atoms with E-state index in [-0.39, 0.29) is 17.9 Å². The van der Waals surface area contributed by atoms with Crippen LogP contribution in [0.1, 0.15) is 25.6 Å². The average Bonchev–Trinajstić information content (AvgIpc) is 3.07. The normalized spacial score (nSPS) is 11.0. The van der Waals surface area contributed by atoms with Crippen LogP contribution in [0, 0.1) is 0 Å². The van der Waals surface area contributed by atoms with Crippen LogP contribution >= 0.6 is 27.3 Å². The summed E-state index contributed by atoms with van der Waals surface area (Å²) in [6.07, 6.45) is 1.49. The number of thiophene rings is 1. The fraction of sp³-hybridized carbons (Fsp3) is 0.316. The van der Waals surface area contributed by atoms with E-state index in [2.05, 4.69) is 20.7 Å². The van der Waals surface area contributed by atoms with Crippen molar-refractivity contribution >= 4 is 43.5 Å². The van der Waals surface area contributed by atoms with Crippen molar-refractivity contribution in [3.63, 3.8) is 0 Å². The molecule has 0 unspecified atom stereocenters. The van der Waals surface area contributed by atoms with Crippen molar-refractivity contribution in [2.45, 2.75) is 32.7 Å². The Hall–Kier alpha value is -1.99. The van der Waals surface area contributed by atoms with Crippen molar-refractivity contribution in [3.8, 4) is 11.1 Å². The van der Waals surface area contributed by atoms with E-state index in [1.165, 1.54) is 18.4 Å². The molecule has 26 heavy (non-hydrogen) atoms. The number of benzene rings is 1. The predicted molar refractivity (Wildman–Crippen MR) is 108 cm³/mol. The first-order valence-electron chi connectivity index (χ1n) is 8.38. The molecule has 0 N–H and O–H groups in total. The van der Waals surface area contributed by atoms with Gasteiger partial charge < -0.3 is 4.74 Å². The lowest BCUT2D eigenvalue weighted by Gasteiger charge is -2.11. The molecule has 2 heterocycles. The minimum absolute atomic E-state index is 0.0455. The summed E-state index contributed by atoms with van der Waals surface area (Å²) in [6, 6.07) is 7.89. The van der Waals surface area contributed by atoms with Gasteiger partial charge >= 0.3 is 5.97 Å². The number of carbonyl (C=O) groups excluding carboxylic acids is 1. The van der Waals surface area contributed by atoms with E-state index in [1.807, 2.05) is 36.6 Å². The minimum Gasteiger partial charge on any atom is -0.469 e. The molecule has 0 spiro atoms. The molecule has 3 rings (SSSR count). The van der Waals surface area contributed by atoms with Crippen LogP contribution < -0.4 is 5.56 Å². The topological polar surface area (TPSA) is 61.2 Å². The lowest BCUT2D eigenvalue weighted by molar-refractivity contribution is -0.140. The van der Waals surface area contributed by atoms with Crippen LogP contribution in [-0.2, 0) is 22.5 Å². The van der Waals surface area contributed by atoms with Gasteiger partial charge in [-0.25, -0.2) is 4.98 Å². The van der Waals surface area contributed by atoms with Gasteiger partial charge in [0.2, 0.25) is 0 Å². The second-order valence-electron chi connectivity index (χ2n) is 5.85. The van der Waals surface area contributed by atoms with Gasteiger partial charge in [0.15, 0.2) is 0 Å². The molecule has 5 nitrogen and oxygen atoms in total. The van der Waals surface area contributed by atoms with E-state index >= 15 is 0 Å². The Morgan fingerprint density at radius 3 is 2.69 bits per heavy atom. The van der Waals surface area contributed by atoms with Crippen LogP contribution in [0.3, 0.4) is 0 Å². The number of aryl methyl sites for hydroxylation is 1. The molecule has 0 amide bonds. The van der Waals surface area contributed by atoms with E-state index in [0.717, 1.165) is 26.3 Å². The number of rotatable bonds is 6. The van der Waals surface area contributed by atoms with Gasteiger partial charge in [-0.05, 0) is 24.1 Å². The van der Waals surface area contributed by atoms with E-state index in [0.29, 0.717) is 24.8 Å². The number of halogens is 1. The summed E-state index contributed by atoms with van der Waals surface area (Å²) in [5.74, 6) is 0.479. The molecule has 0 aliphatic rings. The molecule has 0 atom stereocenters. The molecule has 0 radical (unpaired) electrons. The molecule has 0 aliphatic carbocycles.